The maximum Gasteiger partial charge on any atom is 0.236 e. The van der Waals surface area contributed by atoms with Crippen LogP contribution in [0.15, 0.2) is 36.5 Å². The van der Waals surface area contributed by atoms with E-state index >= 15 is 8.78 Å². The van der Waals surface area contributed by atoms with E-state index in [4.69, 9.17) is 0 Å². The molecule has 1 aliphatic rings. The Labute approximate surface area is 177 Å². The normalized spacial score (nSPS) is 14.9. The number of halogens is 2. The maximum atomic E-state index is 16.0. The van der Waals surface area contributed by atoms with Crippen LogP contribution in [0.1, 0.15) is 25.5 Å². The van der Waals surface area contributed by atoms with Crippen LogP contribution in [0.4, 0.5) is 14.5 Å². The highest BCUT2D eigenvalue weighted by atomic mass is 32.2. The highest BCUT2D eigenvalue weighted by Crippen LogP contribution is 2.43. The van der Waals surface area contributed by atoms with Gasteiger partial charge in [-0.15, -0.1) is 10.2 Å². The van der Waals surface area contributed by atoms with Crippen molar-refractivity contribution in [2.75, 3.05) is 11.6 Å². The van der Waals surface area contributed by atoms with Gasteiger partial charge in [-0.2, -0.15) is 0 Å². The Morgan fingerprint density at radius 3 is 2.58 bits per heavy atom. The molecular weight excluding hydrogens is 424 g/mol. The van der Waals surface area contributed by atoms with Gasteiger partial charge < -0.3 is 5.32 Å². The molecule has 0 spiro atoms. The fourth-order valence-electron chi connectivity index (χ4n) is 4.25. The number of aryl methyl sites for hydroxylation is 1. The molecule has 0 saturated heterocycles. The molecule has 2 aromatic heterocycles. The predicted octanol–water partition coefficient (Wildman–Crippen LogP) is 3.94. The van der Waals surface area contributed by atoms with E-state index in [9.17, 15) is 8.42 Å². The lowest BCUT2D eigenvalue weighted by atomic mass is 9.95. The Bertz CT molecular complexity index is 1500. The van der Waals surface area contributed by atoms with E-state index in [0.29, 0.717) is 28.2 Å². The van der Waals surface area contributed by atoms with Gasteiger partial charge in [0.25, 0.3) is 0 Å². The zero-order valence-corrected chi connectivity index (χ0v) is 18.1. The fraction of sp³-hybridized carbons (Fsp3) is 0.238. The zero-order chi connectivity index (χ0) is 22.3. The Balaban J connectivity index is 1.84. The van der Waals surface area contributed by atoms with Crippen LogP contribution in [0.25, 0.3) is 27.7 Å². The molecule has 7 nitrogen and oxygen atoms in total. The van der Waals surface area contributed by atoms with Crippen LogP contribution in [0, 0.1) is 18.6 Å². The Hall–Kier alpha value is -3.27. The number of benzene rings is 2. The molecule has 0 radical (unpaired) electrons. The summed E-state index contributed by atoms with van der Waals surface area (Å²) in [7, 11) is -3.57. The molecule has 5 rings (SSSR count). The minimum atomic E-state index is -3.57. The second-order valence-electron chi connectivity index (χ2n) is 8.21. The van der Waals surface area contributed by atoms with Crippen LogP contribution in [0.5, 0.6) is 0 Å². The molecule has 160 valence electrons. The van der Waals surface area contributed by atoms with E-state index in [2.05, 4.69) is 15.5 Å². The second kappa shape index (κ2) is 6.13. The number of anilines is 1. The number of hydrogen-bond donors (Lipinski definition) is 1. The number of nitrogens with one attached hydrogen (secondary N) is 1. The minimum Gasteiger partial charge on any atom is -0.371 e. The molecule has 0 saturated carbocycles. The van der Waals surface area contributed by atoms with Gasteiger partial charge in [-0.3, -0.25) is 4.57 Å². The molecule has 4 aromatic rings. The van der Waals surface area contributed by atoms with Gasteiger partial charge in [-0.25, -0.2) is 21.2 Å². The Kier molecular flexibility index (Phi) is 3.89. The molecule has 2 aromatic carbocycles. The monoisotopic (exact) mass is 443 g/mol. The van der Waals surface area contributed by atoms with Crippen molar-refractivity contribution < 1.29 is 17.2 Å². The first-order valence-electron chi connectivity index (χ1n) is 9.55. The average Bonchev–Trinajstić information content (AvgIpc) is 3.26. The molecular formula is C21H19F2N5O2S. The quantitative estimate of drug-likeness (QED) is 0.508. The summed E-state index contributed by atoms with van der Waals surface area (Å²) in [6, 6.07) is 7.54. The molecule has 0 atom stereocenters. The molecule has 31 heavy (non-hydrogen) atoms. The number of fused-ring (bicyclic) bond motifs is 4. The van der Waals surface area contributed by atoms with Crippen molar-refractivity contribution in [1.82, 2.24) is 18.7 Å². The standard InChI is InChI=1S/C21H19F2N5O2S/c1-11-25-26-20-21(2,3)24-15-10-14(22)17(18(23)19(15)28(11)20)13-6-5-7-16-12(13)8-9-27(16)31(4,29)30/h5-10,24H,1-4H3. The second-order valence-corrected chi connectivity index (χ2v) is 10.1. The fourth-order valence-corrected chi connectivity index (χ4v) is 5.05. The number of aromatic nitrogens is 4. The van der Waals surface area contributed by atoms with Crippen molar-refractivity contribution in [3.05, 3.63) is 59.8 Å². The molecule has 0 fully saturated rings. The Morgan fingerprint density at radius 2 is 1.87 bits per heavy atom. The van der Waals surface area contributed by atoms with Gasteiger partial charge in [0.15, 0.2) is 11.6 Å². The van der Waals surface area contributed by atoms with Gasteiger partial charge in [0.1, 0.15) is 17.3 Å². The summed E-state index contributed by atoms with van der Waals surface area (Å²) in [5, 5.41) is 11.8. The molecule has 0 unspecified atom stereocenters. The van der Waals surface area contributed by atoms with E-state index in [0.717, 1.165) is 10.2 Å². The molecule has 0 amide bonds. The van der Waals surface area contributed by atoms with Crippen molar-refractivity contribution in [2.24, 2.45) is 0 Å². The first-order chi connectivity index (χ1) is 14.5. The molecule has 10 heteroatoms. The van der Waals surface area contributed by atoms with Gasteiger partial charge in [0.2, 0.25) is 10.0 Å². The van der Waals surface area contributed by atoms with E-state index < -0.39 is 27.2 Å². The molecule has 0 bridgehead atoms. The summed E-state index contributed by atoms with van der Waals surface area (Å²) in [4.78, 5) is 0. The third kappa shape index (κ3) is 2.71. The van der Waals surface area contributed by atoms with Crippen LogP contribution >= 0.6 is 0 Å². The van der Waals surface area contributed by atoms with Crippen LogP contribution in [-0.2, 0) is 15.6 Å². The Morgan fingerprint density at radius 1 is 1.13 bits per heavy atom. The van der Waals surface area contributed by atoms with Crippen molar-refractivity contribution in [3.8, 4) is 16.8 Å². The summed E-state index contributed by atoms with van der Waals surface area (Å²) >= 11 is 0. The van der Waals surface area contributed by atoms with E-state index in [1.165, 1.54) is 12.3 Å². The lowest BCUT2D eigenvalue weighted by molar-refractivity contribution is 0.517. The summed E-state index contributed by atoms with van der Waals surface area (Å²) in [6.45, 7) is 5.42. The van der Waals surface area contributed by atoms with Crippen molar-refractivity contribution >= 4 is 26.6 Å². The molecule has 0 aliphatic carbocycles. The lowest BCUT2D eigenvalue weighted by Gasteiger charge is -2.34. The summed E-state index contributed by atoms with van der Waals surface area (Å²) in [5.41, 5.74) is 0.109. The third-order valence-corrected chi connectivity index (χ3v) is 6.60. The van der Waals surface area contributed by atoms with E-state index in [1.807, 2.05) is 13.8 Å². The van der Waals surface area contributed by atoms with Crippen molar-refractivity contribution in [2.45, 2.75) is 26.3 Å². The topological polar surface area (TPSA) is 81.8 Å². The summed E-state index contributed by atoms with van der Waals surface area (Å²) in [5.74, 6) is -0.547. The average molecular weight is 443 g/mol. The number of hydrogen-bond acceptors (Lipinski definition) is 5. The van der Waals surface area contributed by atoms with Gasteiger partial charge in [-0.05, 0) is 38.5 Å². The highest BCUT2D eigenvalue weighted by Gasteiger charge is 2.37. The maximum absolute atomic E-state index is 16.0. The molecule has 1 aliphatic heterocycles. The lowest BCUT2D eigenvalue weighted by Crippen LogP contribution is -2.36. The zero-order valence-electron chi connectivity index (χ0n) is 17.2. The smallest absolute Gasteiger partial charge is 0.236 e. The predicted molar refractivity (Wildman–Crippen MR) is 114 cm³/mol. The minimum absolute atomic E-state index is 0.132. The van der Waals surface area contributed by atoms with Crippen LogP contribution in [-0.4, -0.2) is 33.4 Å². The van der Waals surface area contributed by atoms with E-state index in [-0.39, 0.29) is 16.8 Å². The summed E-state index contributed by atoms with van der Waals surface area (Å²) in [6.07, 6.45) is 2.45. The summed E-state index contributed by atoms with van der Waals surface area (Å²) < 4.78 is 58.1. The third-order valence-electron chi connectivity index (χ3n) is 5.57. The van der Waals surface area contributed by atoms with Crippen LogP contribution in [0.3, 0.4) is 0 Å². The van der Waals surface area contributed by atoms with Crippen molar-refractivity contribution in [1.29, 1.82) is 0 Å². The van der Waals surface area contributed by atoms with Gasteiger partial charge >= 0.3 is 0 Å². The van der Waals surface area contributed by atoms with Crippen LogP contribution in [0.2, 0.25) is 0 Å². The largest absolute Gasteiger partial charge is 0.371 e. The first kappa shape index (κ1) is 19.7. The number of rotatable bonds is 2. The van der Waals surface area contributed by atoms with E-state index in [1.54, 1.807) is 35.8 Å². The van der Waals surface area contributed by atoms with Gasteiger partial charge in [0, 0.05) is 17.6 Å². The highest BCUT2D eigenvalue weighted by molar-refractivity contribution is 7.89. The SMILES string of the molecule is Cc1nnc2n1-c1c(cc(F)c(-c3cccc4c3ccn4S(C)(=O)=O)c1F)NC2(C)C. The van der Waals surface area contributed by atoms with Gasteiger partial charge in [0.05, 0.1) is 28.6 Å². The molecule has 1 N–H and O–H groups in total. The van der Waals surface area contributed by atoms with Gasteiger partial charge in [-0.1, -0.05) is 12.1 Å². The number of nitrogens with zero attached hydrogens (tertiary/aromatic N) is 4. The van der Waals surface area contributed by atoms with Crippen molar-refractivity contribution in [3.63, 3.8) is 0 Å². The van der Waals surface area contributed by atoms with Crippen LogP contribution < -0.4 is 5.32 Å². The first-order valence-corrected chi connectivity index (χ1v) is 11.4. The molecule has 3 heterocycles.